The molecule has 2 heterocycles. The summed E-state index contributed by atoms with van der Waals surface area (Å²) in [7, 11) is -1.98. The van der Waals surface area contributed by atoms with Gasteiger partial charge in [0, 0.05) is 37.5 Å². The second-order valence-corrected chi connectivity index (χ2v) is 12.2. The van der Waals surface area contributed by atoms with Crippen molar-refractivity contribution in [3.8, 4) is 22.6 Å². The molecule has 0 bridgehead atoms. The van der Waals surface area contributed by atoms with Crippen LogP contribution in [0.3, 0.4) is 0 Å². The highest BCUT2D eigenvalue weighted by molar-refractivity contribution is 7.89. The number of oxazole rings is 1. The van der Waals surface area contributed by atoms with Crippen molar-refractivity contribution in [2.24, 2.45) is 5.14 Å². The SMILES string of the molecule is COC1(c2cccc(CCCc3nc(-c4ccccc4)c(-c4ccc(S(N)(=O)=O)cc4)o3)c2)CC(C)OC(C)C1. The molecule has 4 aromatic rings. The van der Waals surface area contributed by atoms with Crippen LogP contribution in [0.4, 0.5) is 0 Å². The average molecular weight is 561 g/mol. The van der Waals surface area contributed by atoms with Gasteiger partial charge in [0.25, 0.3) is 0 Å². The lowest BCUT2D eigenvalue weighted by atomic mass is 9.80. The third-order valence-corrected chi connectivity index (χ3v) is 8.49. The number of nitrogens with zero attached hydrogens (tertiary/aromatic N) is 1. The highest BCUT2D eigenvalue weighted by Gasteiger charge is 2.40. The molecule has 1 fully saturated rings. The van der Waals surface area contributed by atoms with Gasteiger partial charge in [0.1, 0.15) is 5.69 Å². The van der Waals surface area contributed by atoms with Crippen molar-refractivity contribution in [2.45, 2.75) is 68.7 Å². The van der Waals surface area contributed by atoms with Crippen LogP contribution < -0.4 is 5.14 Å². The van der Waals surface area contributed by atoms with Gasteiger partial charge in [0.15, 0.2) is 11.7 Å². The molecule has 1 aromatic heterocycles. The van der Waals surface area contributed by atoms with Gasteiger partial charge in [-0.1, -0.05) is 54.6 Å². The van der Waals surface area contributed by atoms with E-state index < -0.39 is 10.0 Å². The zero-order valence-electron chi connectivity index (χ0n) is 23.2. The van der Waals surface area contributed by atoms with Crippen molar-refractivity contribution in [1.82, 2.24) is 4.98 Å². The summed E-state index contributed by atoms with van der Waals surface area (Å²) in [5, 5.41) is 5.28. The fraction of sp³-hybridized carbons (Fsp3) is 0.344. The maximum absolute atomic E-state index is 11.7. The van der Waals surface area contributed by atoms with Crippen LogP contribution >= 0.6 is 0 Å². The number of hydrogen-bond donors (Lipinski definition) is 1. The van der Waals surface area contributed by atoms with Crippen molar-refractivity contribution >= 4 is 10.0 Å². The predicted molar refractivity (Wildman–Crippen MR) is 155 cm³/mol. The fourth-order valence-corrected chi connectivity index (χ4v) is 6.25. The highest BCUT2D eigenvalue weighted by atomic mass is 32.2. The molecule has 2 unspecified atom stereocenters. The van der Waals surface area contributed by atoms with E-state index in [1.807, 2.05) is 30.3 Å². The van der Waals surface area contributed by atoms with E-state index in [4.69, 9.17) is 24.0 Å². The Balaban J connectivity index is 1.35. The van der Waals surface area contributed by atoms with Crippen molar-refractivity contribution < 1.29 is 22.3 Å². The highest BCUT2D eigenvalue weighted by Crippen LogP contribution is 2.41. The Morgan fingerprint density at radius 3 is 2.27 bits per heavy atom. The Kier molecular flexibility index (Phi) is 8.24. The summed E-state index contributed by atoms with van der Waals surface area (Å²) in [6.45, 7) is 4.21. The van der Waals surface area contributed by atoms with Crippen molar-refractivity contribution in [3.05, 3.63) is 95.9 Å². The molecule has 1 aliphatic rings. The molecular formula is C32H36N2O5S. The Bertz CT molecular complexity index is 1540. The molecule has 0 saturated carbocycles. The number of benzene rings is 3. The lowest BCUT2D eigenvalue weighted by Gasteiger charge is -2.42. The number of sulfonamides is 1. The van der Waals surface area contributed by atoms with Crippen LogP contribution in [0, 0.1) is 0 Å². The quantitative estimate of drug-likeness (QED) is 0.259. The molecule has 2 atom stereocenters. The van der Waals surface area contributed by atoms with Gasteiger partial charge in [0.2, 0.25) is 10.0 Å². The smallest absolute Gasteiger partial charge is 0.238 e. The van der Waals surface area contributed by atoms with Crippen molar-refractivity contribution in [3.63, 3.8) is 0 Å². The Morgan fingerprint density at radius 2 is 1.62 bits per heavy atom. The van der Waals surface area contributed by atoms with Gasteiger partial charge < -0.3 is 13.9 Å². The molecule has 210 valence electrons. The zero-order chi connectivity index (χ0) is 28.3. The number of methoxy groups -OCH3 is 1. The molecule has 0 radical (unpaired) electrons. The van der Waals surface area contributed by atoms with Crippen LogP contribution in [-0.4, -0.2) is 32.7 Å². The standard InChI is InChI=1S/C32H36N2O5S/c1-22-20-32(37-3,21-23(2)38-22)27-13-7-9-24(19-27)10-8-14-29-34-30(25-11-5-4-6-12-25)31(39-29)26-15-17-28(18-16-26)40(33,35)36/h4-7,9,11-13,15-19,22-23H,8,10,14,20-21H2,1-3H3,(H2,33,35,36). The third kappa shape index (κ3) is 6.20. The Hall–Kier alpha value is -3.30. The minimum absolute atomic E-state index is 0.0550. The molecule has 3 aromatic carbocycles. The molecule has 1 aliphatic heterocycles. The Labute approximate surface area is 236 Å². The van der Waals surface area contributed by atoms with Crippen molar-refractivity contribution in [2.75, 3.05) is 7.11 Å². The molecule has 0 aliphatic carbocycles. The first-order chi connectivity index (χ1) is 19.2. The zero-order valence-corrected chi connectivity index (χ0v) is 24.0. The van der Waals surface area contributed by atoms with Gasteiger partial charge in [-0.2, -0.15) is 0 Å². The molecule has 40 heavy (non-hydrogen) atoms. The fourth-order valence-electron chi connectivity index (χ4n) is 5.73. The minimum atomic E-state index is -3.78. The second-order valence-electron chi connectivity index (χ2n) is 10.6. The average Bonchev–Trinajstić information content (AvgIpc) is 3.37. The van der Waals surface area contributed by atoms with Crippen LogP contribution in [0.1, 0.15) is 50.1 Å². The molecule has 0 amide bonds. The van der Waals surface area contributed by atoms with E-state index >= 15 is 0 Å². The number of aromatic nitrogens is 1. The predicted octanol–water partition coefficient (Wildman–Crippen LogP) is 6.26. The van der Waals surface area contributed by atoms with E-state index in [9.17, 15) is 8.42 Å². The van der Waals surface area contributed by atoms with Gasteiger partial charge in [-0.05, 0) is 62.1 Å². The van der Waals surface area contributed by atoms with E-state index in [0.717, 1.165) is 42.5 Å². The number of rotatable bonds is 9. The molecule has 5 rings (SSSR count). The summed E-state index contributed by atoms with van der Waals surface area (Å²) in [5.41, 5.74) is 4.50. The normalized spacial score (nSPS) is 21.4. The van der Waals surface area contributed by atoms with Crippen LogP contribution in [0.2, 0.25) is 0 Å². The topological polar surface area (TPSA) is 105 Å². The second kappa shape index (κ2) is 11.7. The summed E-state index contributed by atoms with van der Waals surface area (Å²) >= 11 is 0. The van der Waals surface area contributed by atoms with Gasteiger partial charge >= 0.3 is 0 Å². The van der Waals surface area contributed by atoms with E-state index in [2.05, 4.69) is 38.1 Å². The summed E-state index contributed by atoms with van der Waals surface area (Å²) < 4.78 is 41.8. The molecule has 0 spiro atoms. The van der Waals surface area contributed by atoms with Gasteiger partial charge in [0.05, 0.1) is 22.7 Å². The minimum Gasteiger partial charge on any atom is -0.440 e. The molecule has 7 nitrogen and oxygen atoms in total. The van der Waals surface area contributed by atoms with Crippen molar-refractivity contribution in [1.29, 1.82) is 0 Å². The van der Waals surface area contributed by atoms with Crippen LogP contribution in [-0.2, 0) is 37.9 Å². The van der Waals surface area contributed by atoms with E-state index in [0.29, 0.717) is 18.1 Å². The lowest BCUT2D eigenvalue weighted by molar-refractivity contribution is -0.152. The largest absolute Gasteiger partial charge is 0.440 e. The van der Waals surface area contributed by atoms with Crippen LogP contribution in [0.25, 0.3) is 22.6 Å². The van der Waals surface area contributed by atoms with Gasteiger partial charge in [-0.15, -0.1) is 0 Å². The maximum Gasteiger partial charge on any atom is 0.238 e. The third-order valence-electron chi connectivity index (χ3n) is 7.56. The maximum atomic E-state index is 11.7. The van der Waals surface area contributed by atoms with Gasteiger partial charge in [-0.25, -0.2) is 18.5 Å². The molecular weight excluding hydrogens is 524 g/mol. The molecule has 1 saturated heterocycles. The summed E-state index contributed by atoms with van der Waals surface area (Å²) in [5.74, 6) is 1.25. The number of hydrogen-bond acceptors (Lipinski definition) is 6. The first-order valence-corrected chi connectivity index (χ1v) is 15.2. The number of nitrogens with two attached hydrogens (primary N) is 1. The monoisotopic (exact) mass is 560 g/mol. The lowest BCUT2D eigenvalue weighted by Crippen LogP contribution is -2.42. The first-order valence-electron chi connectivity index (χ1n) is 13.7. The van der Waals surface area contributed by atoms with E-state index in [1.54, 1.807) is 19.2 Å². The van der Waals surface area contributed by atoms with E-state index in [1.165, 1.54) is 23.3 Å². The number of ether oxygens (including phenoxy) is 2. The number of primary sulfonamides is 1. The molecule has 8 heteroatoms. The Morgan fingerprint density at radius 1 is 0.925 bits per heavy atom. The summed E-state index contributed by atoms with van der Waals surface area (Å²) in [6, 6.07) is 24.9. The summed E-state index contributed by atoms with van der Waals surface area (Å²) in [4.78, 5) is 4.90. The number of aryl methyl sites for hydroxylation is 2. The van der Waals surface area contributed by atoms with Crippen LogP contribution in [0.15, 0.2) is 88.2 Å². The first kappa shape index (κ1) is 28.2. The summed E-state index contributed by atoms with van der Waals surface area (Å²) in [6.07, 6.45) is 4.33. The van der Waals surface area contributed by atoms with Crippen LogP contribution in [0.5, 0.6) is 0 Å². The van der Waals surface area contributed by atoms with E-state index in [-0.39, 0.29) is 22.7 Å². The van der Waals surface area contributed by atoms with Gasteiger partial charge in [-0.3, -0.25) is 0 Å². The molecule has 2 N–H and O–H groups in total.